The summed E-state index contributed by atoms with van der Waals surface area (Å²) in [5.41, 5.74) is 4.77. The lowest BCUT2D eigenvalue weighted by Gasteiger charge is -2.32. The normalized spacial score (nSPS) is 19.9. The van der Waals surface area contributed by atoms with Gasteiger partial charge in [0.2, 0.25) is 0 Å². The topological polar surface area (TPSA) is 35.5 Å². The summed E-state index contributed by atoms with van der Waals surface area (Å²) in [5, 5.41) is 0.739. The van der Waals surface area contributed by atoms with Crippen LogP contribution >= 0.6 is 15.9 Å². The highest BCUT2D eigenvalue weighted by molar-refractivity contribution is 9.08. The number of carbonyl (C=O) groups is 1. The third-order valence-electron chi connectivity index (χ3n) is 5.59. The van der Waals surface area contributed by atoms with Crippen LogP contribution in [-0.2, 0) is 14.6 Å². The molecule has 0 amide bonds. The Labute approximate surface area is 157 Å². The Morgan fingerprint density at radius 1 is 0.880 bits per heavy atom. The van der Waals surface area contributed by atoms with Gasteiger partial charge in [0.1, 0.15) is 0 Å². The molecule has 5 heteroatoms. The number of hydrogen-bond acceptors (Lipinski definition) is 3. The molecule has 0 bridgehead atoms. The van der Waals surface area contributed by atoms with E-state index in [4.69, 9.17) is 9.31 Å². The summed E-state index contributed by atoms with van der Waals surface area (Å²) in [4.78, 5) is 12.7. The maximum atomic E-state index is 12.7. The monoisotopic (exact) mass is 398 g/mol. The summed E-state index contributed by atoms with van der Waals surface area (Å²) >= 11 is 3.45. The van der Waals surface area contributed by atoms with Crippen molar-refractivity contribution >= 4 is 34.3 Å². The Morgan fingerprint density at radius 2 is 1.52 bits per heavy atom. The minimum absolute atomic E-state index is 0.0910. The molecule has 0 N–H and O–H groups in total. The van der Waals surface area contributed by atoms with Crippen molar-refractivity contribution in [1.82, 2.24) is 0 Å². The predicted molar refractivity (Wildman–Crippen MR) is 104 cm³/mol. The van der Waals surface area contributed by atoms with Crippen molar-refractivity contribution in [2.45, 2.75) is 44.2 Å². The molecule has 3 nitrogen and oxygen atoms in total. The molecular formula is C20H20BBrO3. The van der Waals surface area contributed by atoms with Crippen molar-refractivity contribution in [3.05, 3.63) is 53.1 Å². The molecule has 1 fully saturated rings. The molecule has 2 aromatic carbocycles. The summed E-state index contributed by atoms with van der Waals surface area (Å²) in [6.45, 7) is 8.17. The van der Waals surface area contributed by atoms with E-state index in [0.29, 0.717) is 0 Å². The average Bonchev–Trinajstić information content (AvgIpc) is 2.97. The van der Waals surface area contributed by atoms with E-state index in [1.165, 1.54) is 0 Å². The van der Waals surface area contributed by atoms with Gasteiger partial charge in [-0.05, 0) is 55.9 Å². The largest absolute Gasteiger partial charge is 0.494 e. The Hall–Kier alpha value is -1.43. The summed E-state index contributed by atoms with van der Waals surface area (Å²) in [6, 6.07) is 11.9. The minimum Gasteiger partial charge on any atom is -0.399 e. The number of alkyl halides is 1. The molecule has 1 heterocycles. The predicted octanol–water partition coefficient (Wildman–Crippen LogP) is 4.09. The van der Waals surface area contributed by atoms with Crippen LogP contribution in [-0.4, -0.2) is 24.1 Å². The van der Waals surface area contributed by atoms with Crippen molar-refractivity contribution in [2.24, 2.45) is 0 Å². The van der Waals surface area contributed by atoms with Crippen LogP contribution in [0.25, 0.3) is 11.1 Å². The fourth-order valence-electron chi connectivity index (χ4n) is 3.35. The Bertz CT molecular complexity index is 873. The summed E-state index contributed by atoms with van der Waals surface area (Å²) in [5.74, 6) is 0.0910. The molecule has 1 aliphatic carbocycles. The van der Waals surface area contributed by atoms with Crippen LogP contribution in [0.3, 0.4) is 0 Å². The molecule has 1 aliphatic heterocycles. The zero-order valence-electron chi connectivity index (χ0n) is 14.9. The van der Waals surface area contributed by atoms with Gasteiger partial charge in [0.05, 0.1) is 11.2 Å². The molecule has 2 aliphatic rings. The van der Waals surface area contributed by atoms with Gasteiger partial charge < -0.3 is 9.31 Å². The first-order valence-corrected chi connectivity index (χ1v) is 9.59. The van der Waals surface area contributed by atoms with E-state index < -0.39 is 7.12 Å². The number of carbonyl (C=O) groups excluding carboxylic acids is 1. The van der Waals surface area contributed by atoms with Gasteiger partial charge >= 0.3 is 7.12 Å². The fraction of sp³-hybridized carbons (Fsp3) is 0.350. The van der Waals surface area contributed by atoms with Crippen LogP contribution in [0.5, 0.6) is 0 Å². The van der Waals surface area contributed by atoms with Crippen LogP contribution in [0.1, 0.15) is 49.2 Å². The molecule has 0 saturated carbocycles. The van der Waals surface area contributed by atoms with Crippen molar-refractivity contribution < 1.29 is 14.1 Å². The molecule has 2 aromatic rings. The maximum Gasteiger partial charge on any atom is 0.494 e. The van der Waals surface area contributed by atoms with Crippen molar-refractivity contribution in [1.29, 1.82) is 0 Å². The number of rotatable bonds is 2. The Kier molecular flexibility index (Phi) is 3.77. The molecule has 128 valence electrons. The average molecular weight is 399 g/mol. The standard InChI is InChI=1S/C20H20BBrO3/c1-19(2)20(3,4)25-21(24-19)13-6-8-15-16(10-13)14-7-5-12(11-22)9-17(14)18(15)23/h5-10H,11H2,1-4H3. The van der Waals surface area contributed by atoms with Gasteiger partial charge in [-0.15, -0.1) is 0 Å². The zero-order valence-corrected chi connectivity index (χ0v) is 16.4. The van der Waals surface area contributed by atoms with Gasteiger partial charge in [-0.2, -0.15) is 0 Å². The fourth-order valence-corrected chi connectivity index (χ4v) is 3.70. The molecular weight excluding hydrogens is 379 g/mol. The Morgan fingerprint density at radius 3 is 2.16 bits per heavy atom. The van der Waals surface area contributed by atoms with Crippen LogP contribution in [0, 0.1) is 0 Å². The lowest BCUT2D eigenvalue weighted by molar-refractivity contribution is 0.00578. The van der Waals surface area contributed by atoms with Crippen molar-refractivity contribution in [3.63, 3.8) is 0 Å². The second kappa shape index (κ2) is 5.53. The van der Waals surface area contributed by atoms with Crippen LogP contribution in [0.4, 0.5) is 0 Å². The Balaban J connectivity index is 1.76. The van der Waals surface area contributed by atoms with Gasteiger partial charge in [0.25, 0.3) is 0 Å². The summed E-state index contributed by atoms with van der Waals surface area (Å²) in [7, 11) is -0.420. The van der Waals surface area contributed by atoms with E-state index >= 15 is 0 Å². The molecule has 0 spiro atoms. The highest BCUT2D eigenvalue weighted by atomic mass is 79.9. The van der Waals surface area contributed by atoms with Crippen LogP contribution in [0.15, 0.2) is 36.4 Å². The summed E-state index contributed by atoms with van der Waals surface area (Å²) < 4.78 is 12.3. The molecule has 0 unspecified atom stereocenters. The molecule has 25 heavy (non-hydrogen) atoms. The molecule has 4 rings (SSSR count). The third-order valence-corrected chi connectivity index (χ3v) is 6.23. The second-order valence-electron chi connectivity index (χ2n) is 7.74. The number of fused-ring (bicyclic) bond motifs is 3. The first-order valence-electron chi connectivity index (χ1n) is 8.47. The number of halogens is 1. The van der Waals surface area contributed by atoms with Gasteiger partial charge in [0, 0.05) is 16.5 Å². The highest BCUT2D eigenvalue weighted by Crippen LogP contribution is 2.39. The van der Waals surface area contributed by atoms with Gasteiger partial charge in [-0.1, -0.05) is 46.3 Å². The molecule has 0 atom stereocenters. The number of hydrogen-bond donors (Lipinski definition) is 0. The highest BCUT2D eigenvalue weighted by Gasteiger charge is 2.51. The van der Waals surface area contributed by atoms with E-state index in [1.807, 2.05) is 58.0 Å². The summed E-state index contributed by atoms with van der Waals surface area (Å²) in [6.07, 6.45) is 0. The van der Waals surface area contributed by atoms with E-state index in [0.717, 1.165) is 38.6 Å². The van der Waals surface area contributed by atoms with E-state index in [2.05, 4.69) is 22.0 Å². The quantitative estimate of drug-likeness (QED) is 0.481. The second-order valence-corrected chi connectivity index (χ2v) is 8.30. The maximum absolute atomic E-state index is 12.7. The lowest BCUT2D eigenvalue weighted by Crippen LogP contribution is -2.41. The van der Waals surface area contributed by atoms with Crippen LogP contribution < -0.4 is 5.46 Å². The van der Waals surface area contributed by atoms with E-state index in [9.17, 15) is 4.79 Å². The first-order chi connectivity index (χ1) is 11.7. The van der Waals surface area contributed by atoms with E-state index in [1.54, 1.807) is 0 Å². The van der Waals surface area contributed by atoms with Gasteiger partial charge in [-0.3, -0.25) is 4.79 Å². The van der Waals surface area contributed by atoms with Gasteiger partial charge in [-0.25, -0.2) is 0 Å². The van der Waals surface area contributed by atoms with Crippen LogP contribution in [0.2, 0.25) is 0 Å². The van der Waals surface area contributed by atoms with Gasteiger partial charge in [0.15, 0.2) is 5.78 Å². The smallest absolute Gasteiger partial charge is 0.399 e. The SMILES string of the molecule is CC1(C)OB(c2ccc3c(c2)-c2ccc(CBr)cc2C3=O)OC1(C)C. The number of ketones is 1. The van der Waals surface area contributed by atoms with Crippen molar-refractivity contribution in [2.75, 3.05) is 0 Å². The lowest BCUT2D eigenvalue weighted by atomic mass is 9.77. The van der Waals surface area contributed by atoms with E-state index in [-0.39, 0.29) is 17.0 Å². The zero-order chi connectivity index (χ0) is 18.0. The first kappa shape index (κ1) is 17.0. The molecule has 0 radical (unpaired) electrons. The minimum atomic E-state index is -0.420. The molecule has 0 aromatic heterocycles. The molecule has 1 saturated heterocycles. The third kappa shape index (κ3) is 2.52. The van der Waals surface area contributed by atoms with Crippen molar-refractivity contribution in [3.8, 4) is 11.1 Å². The number of benzene rings is 2.